The van der Waals surface area contributed by atoms with Crippen LogP contribution in [0, 0.1) is 13.8 Å². The molecule has 0 bridgehead atoms. The van der Waals surface area contributed by atoms with Crippen LogP contribution in [0.15, 0.2) is 60.7 Å². The predicted octanol–water partition coefficient (Wildman–Crippen LogP) is 4.63. The Morgan fingerprint density at radius 2 is 1.87 bits per heavy atom. The largest absolute Gasteiger partial charge is 0.494 e. The standard InChI is InChI=1S/C24H24N2O4/c1-17-24(18(2)26(25-17)20-9-4-3-5-10-20)22(27)14-13-19-8-6-11-21(16-19)30-15-7-12-23(28)29/h3-6,8-11,13-14,16H,7,12,15H2,1-2H3,(H,28,29). The van der Waals surface area contributed by atoms with E-state index in [2.05, 4.69) is 5.10 Å². The number of ketones is 1. The van der Waals surface area contributed by atoms with E-state index in [4.69, 9.17) is 9.84 Å². The van der Waals surface area contributed by atoms with Gasteiger partial charge in [0.25, 0.3) is 0 Å². The second kappa shape index (κ2) is 9.69. The summed E-state index contributed by atoms with van der Waals surface area (Å²) in [6.07, 6.45) is 3.79. The van der Waals surface area contributed by atoms with Crippen molar-refractivity contribution in [1.29, 1.82) is 0 Å². The van der Waals surface area contributed by atoms with Gasteiger partial charge in [0.1, 0.15) is 5.75 Å². The molecule has 0 spiro atoms. The highest BCUT2D eigenvalue weighted by molar-refractivity contribution is 6.08. The Balaban J connectivity index is 1.71. The highest BCUT2D eigenvalue weighted by Gasteiger charge is 2.17. The maximum Gasteiger partial charge on any atom is 0.303 e. The van der Waals surface area contributed by atoms with E-state index >= 15 is 0 Å². The highest BCUT2D eigenvalue weighted by Crippen LogP contribution is 2.20. The van der Waals surface area contributed by atoms with Crippen LogP contribution in [0.3, 0.4) is 0 Å². The minimum absolute atomic E-state index is 0.0729. The van der Waals surface area contributed by atoms with Crippen molar-refractivity contribution in [2.24, 2.45) is 0 Å². The van der Waals surface area contributed by atoms with Gasteiger partial charge in [-0.2, -0.15) is 5.10 Å². The average Bonchev–Trinajstić information content (AvgIpc) is 3.04. The quantitative estimate of drug-likeness (QED) is 0.319. The maximum atomic E-state index is 12.8. The summed E-state index contributed by atoms with van der Waals surface area (Å²) < 4.78 is 7.36. The fourth-order valence-electron chi connectivity index (χ4n) is 3.20. The molecule has 0 amide bonds. The molecule has 0 saturated carbocycles. The van der Waals surface area contributed by atoms with E-state index in [-0.39, 0.29) is 12.2 Å². The van der Waals surface area contributed by atoms with E-state index < -0.39 is 5.97 Å². The molecule has 0 unspecified atom stereocenters. The first-order chi connectivity index (χ1) is 14.5. The van der Waals surface area contributed by atoms with Crippen molar-refractivity contribution in [2.45, 2.75) is 26.7 Å². The normalized spacial score (nSPS) is 11.0. The smallest absolute Gasteiger partial charge is 0.303 e. The first-order valence-corrected chi connectivity index (χ1v) is 9.74. The molecule has 6 nitrogen and oxygen atoms in total. The van der Waals surface area contributed by atoms with Crippen LogP contribution in [0.4, 0.5) is 0 Å². The van der Waals surface area contributed by atoms with Crippen LogP contribution in [0.5, 0.6) is 5.75 Å². The summed E-state index contributed by atoms with van der Waals surface area (Å²) in [6.45, 7) is 4.05. The molecule has 1 heterocycles. The van der Waals surface area contributed by atoms with Crippen LogP contribution in [0.2, 0.25) is 0 Å². The molecular formula is C24H24N2O4. The number of carbonyl (C=O) groups excluding carboxylic acids is 1. The third kappa shape index (κ3) is 5.23. The summed E-state index contributed by atoms with van der Waals surface area (Å²) in [6, 6.07) is 17.0. The van der Waals surface area contributed by atoms with Crippen LogP contribution in [-0.4, -0.2) is 33.2 Å². The lowest BCUT2D eigenvalue weighted by Crippen LogP contribution is -2.02. The third-order valence-electron chi connectivity index (χ3n) is 4.63. The number of hydrogen-bond donors (Lipinski definition) is 1. The Bertz CT molecular complexity index is 1070. The monoisotopic (exact) mass is 404 g/mol. The first kappa shape index (κ1) is 21.0. The lowest BCUT2D eigenvalue weighted by atomic mass is 10.1. The van der Waals surface area contributed by atoms with Crippen LogP contribution in [-0.2, 0) is 4.79 Å². The Kier molecular flexibility index (Phi) is 6.80. The van der Waals surface area contributed by atoms with Gasteiger partial charge in [-0.05, 0) is 56.2 Å². The fourth-order valence-corrected chi connectivity index (χ4v) is 3.20. The number of ether oxygens (including phenoxy) is 1. The number of benzene rings is 2. The summed E-state index contributed by atoms with van der Waals surface area (Å²) >= 11 is 0. The van der Waals surface area contributed by atoms with Crippen LogP contribution < -0.4 is 4.74 Å². The summed E-state index contributed by atoms with van der Waals surface area (Å²) in [5.74, 6) is -0.311. The van der Waals surface area contributed by atoms with Crippen LogP contribution in [0.25, 0.3) is 11.8 Å². The van der Waals surface area contributed by atoms with E-state index in [1.54, 1.807) is 16.8 Å². The molecule has 1 aromatic heterocycles. The predicted molar refractivity (Wildman–Crippen MR) is 115 cm³/mol. The zero-order chi connectivity index (χ0) is 21.5. The summed E-state index contributed by atoms with van der Waals surface area (Å²) in [4.78, 5) is 23.4. The summed E-state index contributed by atoms with van der Waals surface area (Å²) in [7, 11) is 0. The number of aliphatic carboxylic acids is 1. The Morgan fingerprint density at radius 1 is 1.10 bits per heavy atom. The zero-order valence-electron chi connectivity index (χ0n) is 17.0. The van der Waals surface area contributed by atoms with Crippen molar-refractivity contribution in [3.05, 3.63) is 83.2 Å². The molecule has 2 aromatic carbocycles. The molecule has 6 heteroatoms. The van der Waals surface area contributed by atoms with Crippen molar-refractivity contribution in [1.82, 2.24) is 9.78 Å². The first-order valence-electron chi connectivity index (χ1n) is 9.74. The van der Waals surface area contributed by atoms with Gasteiger partial charge < -0.3 is 9.84 Å². The van der Waals surface area contributed by atoms with E-state index in [0.29, 0.717) is 30.0 Å². The number of rotatable bonds is 9. The molecule has 0 aliphatic rings. The number of allylic oxidation sites excluding steroid dienone is 1. The van der Waals surface area contributed by atoms with E-state index in [1.165, 1.54) is 6.08 Å². The summed E-state index contributed by atoms with van der Waals surface area (Å²) in [5.41, 5.74) is 3.81. The highest BCUT2D eigenvalue weighted by atomic mass is 16.5. The van der Waals surface area contributed by atoms with Gasteiger partial charge in [-0.25, -0.2) is 4.68 Å². The molecule has 3 rings (SSSR count). The third-order valence-corrected chi connectivity index (χ3v) is 4.63. The van der Waals surface area contributed by atoms with Crippen molar-refractivity contribution in [3.63, 3.8) is 0 Å². The van der Waals surface area contributed by atoms with Gasteiger partial charge in [0.15, 0.2) is 5.78 Å². The number of carboxylic acids is 1. The number of nitrogens with zero attached hydrogens (tertiary/aromatic N) is 2. The van der Waals surface area contributed by atoms with E-state index in [1.807, 2.05) is 62.4 Å². The Labute approximate surface area is 175 Å². The molecular weight excluding hydrogens is 380 g/mol. The van der Waals surface area contributed by atoms with Crippen molar-refractivity contribution in [2.75, 3.05) is 6.61 Å². The molecule has 0 saturated heterocycles. The molecule has 30 heavy (non-hydrogen) atoms. The van der Waals surface area contributed by atoms with Gasteiger partial charge in [-0.15, -0.1) is 0 Å². The number of para-hydroxylation sites is 1. The van der Waals surface area contributed by atoms with Gasteiger partial charge in [0, 0.05) is 6.42 Å². The molecule has 3 aromatic rings. The molecule has 154 valence electrons. The maximum absolute atomic E-state index is 12.8. The van der Waals surface area contributed by atoms with Crippen molar-refractivity contribution >= 4 is 17.8 Å². The zero-order valence-corrected chi connectivity index (χ0v) is 17.0. The lowest BCUT2D eigenvalue weighted by Gasteiger charge is -2.06. The second-order valence-corrected chi connectivity index (χ2v) is 6.91. The number of carboxylic acid groups (broad SMARTS) is 1. The number of hydrogen-bond acceptors (Lipinski definition) is 4. The van der Waals surface area contributed by atoms with Crippen LogP contribution in [0.1, 0.15) is 40.2 Å². The molecule has 1 N–H and O–H groups in total. The Morgan fingerprint density at radius 3 is 2.60 bits per heavy atom. The minimum atomic E-state index is -0.838. The fraction of sp³-hybridized carbons (Fsp3) is 0.208. The molecule has 0 aliphatic carbocycles. The van der Waals surface area contributed by atoms with E-state index in [9.17, 15) is 9.59 Å². The van der Waals surface area contributed by atoms with Gasteiger partial charge in [-0.1, -0.05) is 36.4 Å². The van der Waals surface area contributed by atoms with Gasteiger partial charge >= 0.3 is 5.97 Å². The van der Waals surface area contributed by atoms with Gasteiger partial charge in [0.05, 0.1) is 29.2 Å². The molecule has 0 aliphatic heterocycles. The van der Waals surface area contributed by atoms with Gasteiger partial charge in [-0.3, -0.25) is 9.59 Å². The summed E-state index contributed by atoms with van der Waals surface area (Å²) in [5, 5.41) is 13.2. The number of aromatic nitrogens is 2. The topological polar surface area (TPSA) is 81.4 Å². The SMILES string of the molecule is Cc1nn(-c2ccccc2)c(C)c1C(=O)C=Cc1cccc(OCCCC(=O)O)c1. The molecule has 0 radical (unpaired) electrons. The lowest BCUT2D eigenvalue weighted by molar-refractivity contribution is -0.137. The van der Waals surface area contributed by atoms with Crippen molar-refractivity contribution < 1.29 is 19.4 Å². The molecule has 0 fully saturated rings. The molecule has 0 atom stereocenters. The Hall–Kier alpha value is -3.67. The number of aryl methyl sites for hydroxylation is 1. The van der Waals surface area contributed by atoms with E-state index in [0.717, 1.165) is 16.9 Å². The van der Waals surface area contributed by atoms with Crippen LogP contribution >= 0.6 is 0 Å². The van der Waals surface area contributed by atoms with Gasteiger partial charge in [0.2, 0.25) is 0 Å². The van der Waals surface area contributed by atoms with Crippen molar-refractivity contribution in [3.8, 4) is 11.4 Å². The average molecular weight is 404 g/mol. The number of carbonyl (C=O) groups is 2. The second-order valence-electron chi connectivity index (χ2n) is 6.91. The minimum Gasteiger partial charge on any atom is -0.494 e.